The number of nitrogens with one attached hydrogen (secondary N) is 1. The second-order valence-electron chi connectivity index (χ2n) is 4.88. The molecule has 0 fully saturated rings. The smallest absolute Gasteiger partial charge is 0.123 e. The number of methoxy groups -OCH3 is 1. The van der Waals surface area contributed by atoms with E-state index in [1.807, 2.05) is 17.6 Å². The molecule has 1 aromatic carbocycles. The van der Waals surface area contributed by atoms with Crippen molar-refractivity contribution in [2.45, 2.75) is 32.7 Å². The van der Waals surface area contributed by atoms with Gasteiger partial charge in [-0.05, 0) is 26.0 Å². The topological polar surface area (TPSA) is 34.2 Å². The maximum absolute atomic E-state index is 5.52. The van der Waals surface area contributed by atoms with Crippen LogP contribution in [-0.2, 0) is 6.42 Å². The Morgan fingerprint density at radius 3 is 2.90 bits per heavy atom. The number of benzene rings is 1. The molecule has 0 amide bonds. The summed E-state index contributed by atoms with van der Waals surface area (Å²) in [6.07, 6.45) is 3.88. The van der Waals surface area contributed by atoms with Gasteiger partial charge in [-0.15, -0.1) is 11.3 Å². The Labute approximate surface area is 125 Å². The molecule has 0 bridgehead atoms. The highest BCUT2D eigenvalue weighted by Crippen LogP contribution is 2.29. The van der Waals surface area contributed by atoms with E-state index in [1.54, 1.807) is 18.4 Å². The summed E-state index contributed by atoms with van der Waals surface area (Å²) in [6.45, 7) is 5.29. The molecule has 1 unspecified atom stereocenters. The minimum absolute atomic E-state index is 0.246. The molecule has 0 saturated carbocycles. The number of aromatic nitrogens is 1. The van der Waals surface area contributed by atoms with Gasteiger partial charge in [-0.3, -0.25) is 0 Å². The van der Waals surface area contributed by atoms with Crippen molar-refractivity contribution < 1.29 is 4.74 Å². The highest BCUT2D eigenvalue weighted by Gasteiger charge is 2.17. The van der Waals surface area contributed by atoms with E-state index < -0.39 is 0 Å². The van der Waals surface area contributed by atoms with Gasteiger partial charge in [0, 0.05) is 29.6 Å². The SMILES string of the molecule is CCCNC(Cc1nccs1)c1cc(C)ccc1OC. The van der Waals surface area contributed by atoms with Crippen LogP contribution in [-0.4, -0.2) is 18.6 Å². The van der Waals surface area contributed by atoms with Gasteiger partial charge in [0.15, 0.2) is 0 Å². The molecule has 0 aliphatic carbocycles. The van der Waals surface area contributed by atoms with Gasteiger partial charge in [0.25, 0.3) is 0 Å². The molecule has 3 nitrogen and oxygen atoms in total. The number of nitrogens with zero attached hydrogens (tertiary/aromatic N) is 1. The predicted octanol–water partition coefficient (Wildman–Crippen LogP) is 3.74. The third kappa shape index (κ3) is 3.81. The van der Waals surface area contributed by atoms with Gasteiger partial charge in [-0.2, -0.15) is 0 Å². The molecule has 0 aliphatic heterocycles. The normalized spacial score (nSPS) is 12.3. The van der Waals surface area contributed by atoms with Crippen LogP contribution in [0.5, 0.6) is 5.75 Å². The van der Waals surface area contributed by atoms with Crippen molar-refractivity contribution in [3.8, 4) is 5.75 Å². The maximum atomic E-state index is 5.52. The van der Waals surface area contributed by atoms with Gasteiger partial charge < -0.3 is 10.1 Å². The monoisotopic (exact) mass is 290 g/mol. The Balaban J connectivity index is 2.27. The molecule has 0 spiro atoms. The Kier molecular flexibility index (Phi) is 5.56. The van der Waals surface area contributed by atoms with E-state index in [4.69, 9.17) is 4.74 Å². The summed E-state index contributed by atoms with van der Waals surface area (Å²) in [6, 6.07) is 6.59. The molecule has 4 heteroatoms. The average Bonchev–Trinajstić information content (AvgIpc) is 2.96. The molecule has 0 aliphatic rings. The Hall–Kier alpha value is -1.39. The molecule has 0 saturated heterocycles. The lowest BCUT2D eigenvalue weighted by Gasteiger charge is -2.21. The van der Waals surface area contributed by atoms with Crippen molar-refractivity contribution in [2.24, 2.45) is 0 Å². The van der Waals surface area contributed by atoms with Crippen LogP contribution in [0, 0.1) is 6.92 Å². The number of hydrogen-bond donors (Lipinski definition) is 1. The van der Waals surface area contributed by atoms with Gasteiger partial charge in [-0.1, -0.05) is 24.6 Å². The molecular formula is C16H22N2OS. The fourth-order valence-electron chi connectivity index (χ4n) is 2.27. The third-order valence-electron chi connectivity index (χ3n) is 3.26. The van der Waals surface area contributed by atoms with E-state index in [0.29, 0.717) is 0 Å². The number of thiazole rings is 1. The van der Waals surface area contributed by atoms with Gasteiger partial charge in [0.1, 0.15) is 5.75 Å². The number of rotatable bonds is 7. The van der Waals surface area contributed by atoms with Crippen LogP contribution in [0.2, 0.25) is 0 Å². The summed E-state index contributed by atoms with van der Waals surface area (Å²) in [7, 11) is 1.73. The quantitative estimate of drug-likeness (QED) is 0.843. The van der Waals surface area contributed by atoms with Gasteiger partial charge >= 0.3 is 0 Å². The van der Waals surface area contributed by atoms with E-state index >= 15 is 0 Å². The number of ether oxygens (including phenoxy) is 1. The van der Waals surface area contributed by atoms with E-state index in [2.05, 4.69) is 36.3 Å². The van der Waals surface area contributed by atoms with Crippen LogP contribution >= 0.6 is 11.3 Å². The fraction of sp³-hybridized carbons (Fsp3) is 0.438. The number of aryl methyl sites for hydroxylation is 1. The molecule has 1 aromatic heterocycles. The summed E-state index contributed by atoms with van der Waals surface area (Å²) in [5.74, 6) is 0.945. The predicted molar refractivity (Wildman–Crippen MR) is 84.6 cm³/mol. The first-order chi connectivity index (χ1) is 9.74. The molecule has 1 heterocycles. The van der Waals surface area contributed by atoms with Crippen LogP contribution in [0.25, 0.3) is 0 Å². The molecule has 1 N–H and O–H groups in total. The van der Waals surface area contributed by atoms with E-state index in [9.17, 15) is 0 Å². The van der Waals surface area contributed by atoms with Crippen molar-refractivity contribution in [2.75, 3.05) is 13.7 Å². The van der Waals surface area contributed by atoms with Crippen molar-refractivity contribution in [3.63, 3.8) is 0 Å². The third-order valence-corrected chi connectivity index (χ3v) is 4.07. The minimum atomic E-state index is 0.246. The van der Waals surface area contributed by atoms with Crippen molar-refractivity contribution >= 4 is 11.3 Å². The van der Waals surface area contributed by atoms with Crippen molar-refractivity contribution in [3.05, 3.63) is 45.9 Å². The van der Waals surface area contributed by atoms with Crippen molar-refractivity contribution in [1.82, 2.24) is 10.3 Å². The van der Waals surface area contributed by atoms with E-state index in [1.165, 1.54) is 11.1 Å². The Morgan fingerprint density at radius 1 is 1.40 bits per heavy atom. The molecular weight excluding hydrogens is 268 g/mol. The Morgan fingerprint density at radius 2 is 2.25 bits per heavy atom. The zero-order valence-corrected chi connectivity index (χ0v) is 13.2. The minimum Gasteiger partial charge on any atom is -0.496 e. The summed E-state index contributed by atoms with van der Waals surface area (Å²) >= 11 is 1.71. The van der Waals surface area contributed by atoms with Crippen LogP contribution in [0.1, 0.15) is 35.5 Å². The highest BCUT2D eigenvalue weighted by molar-refractivity contribution is 7.09. The maximum Gasteiger partial charge on any atom is 0.123 e. The summed E-state index contributed by atoms with van der Waals surface area (Å²) in [4.78, 5) is 4.41. The fourth-order valence-corrected chi connectivity index (χ4v) is 2.93. The summed E-state index contributed by atoms with van der Waals surface area (Å²) < 4.78 is 5.52. The van der Waals surface area contributed by atoms with Gasteiger partial charge in [0.05, 0.1) is 12.1 Å². The molecule has 20 heavy (non-hydrogen) atoms. The van der Waals surface area contributed by atoms with Crippen LogP contribution in [0.4, 0.5) is 0 Å². The van der Waals surface area contributed by atoms with Gasteiger partial charge in [-0.25, -0.2) is 4.98 Å². The number of hydrogen-bond acceptors (Lipinski definition) is 4. The summed E-state index contributed by atoms with van der Waals surface area (Å²) in [5, 5.41) is 6.79. The lowest BCUT2D eigenvalue weighted by molar-refractivity contribution is 0.398. The first-order valence-corrected chi connectivity index (χ1v) is 7.88. The van der Waals surface area contributed by atoms with Crippen LogP contribution in [0.15, 0.2) is 29.8 Å². The molecule has 0 radical (unpaired) electrons. The first-order valence-electron chi connectivity index (χ1n) is 7.01. The van der Waals surface area contributed by atoms with E-state index in [-0.39, 0.29) is 6.04 Å². The molecule has 108 valence electrons. The average molecular weight is 290 g/mol. The van der Waals surface area contributed by atoms with Crippen LogP contribution < -0.4 is 10.1 Å². The van der Waals surface area contributed by atoms with E-state index in [0.717, 1.165) is 30.1 Å². The zero-order chi connectivity index (χ0) is 14.4. The molecule has 2 rings (SSSR count). The Bertz CT molecular complexity index is 525. The standard InChI is InChI=1S/C16H22N2OS/c1-4-7-17-14(11-16-18-8-9-20-16)13-10-12(2)5-6-15(13)19-3/h5-6,8-10,14,17H,4,7,11H2,1-3H3. The van der Waals surface area contributed by atoms with Crippen LogP contribution in [0.3, 0.4) is 0 Å². The largest absolute Gasteiger partial charge is 0.496 e. The lowest BCUT2D eigenvalue weighted by atomic mass is 10.0. The lowest BCUT2D eigenvalue weighted by Crippen LogP contribution is -2.24. The first kappa shape index (κ1) is 15.0. The van der Waals surface area contributed by atoms with Gasteiger partial charge in [0.2, 0.25) is 0 Å². The zero-order valence-electron chi connectivity index (χ0n) is 12.3. The highest BCUT2D eigenvalue weighted by atomic mass is 32.1. The molecule has 2 aromatic rings. The second-order valence-corrected chi connectivity index (χ2v) is 5.86. The second kappa shape index (κ2) is 7.41. The molecule has 1 atom stereocenters. The van der Waals surface area contributed by atoms with Crippen molar-refractivity contribution in [1.29, 1.82) is 0 Å². The summed E-state index contributed by atoms with van der Waals surface area (Å²) in [5.41, 5.74) is 2.47.